The number of carbonyl (C=O) groups is 2. The van der Waals surface area contributed by atoms with E-state index in [2.05, 4.69) is 26.6 Å². The highest BCUT2D eigenvalue weighted by Crippen LogP contribution is 2.19. The van der Waals surface area contributed by atoms with Gasteiger partial charge in [-0.05, 0) is 43.2 Å². The molecule has 0 bridgehead atoms. The van der Waals surface area contributed by atoms with Crippen molar-refractivity contribution in [1.29, 1.82) is 0 Å². The lowest BCUT2D eigenvalue weighted by Gasteiger charge is -2.12. The number of halogens is 2. The summed E-state index contributed by atoms with van der Waals surface area (Å²) in [6.07, 6.45) is 0. The monoisotopic (exact) mass is 378 g/mol. The predicted octanol–water partition coefficient (Wildman–Crippen LogP) is 3.57. The van der Waals surface area contributed by atoms with E-state index in [0.29, 0.717) is 4.47 Å². The topological polar surface area (TPSA) is 58.2 Å². The summed E-state index contributed by atoms with van der Waals surface area (Å²) in [5.74, 6) is -1.65. The summed E-state index contributed by atoms with van der Waals surface area (Å²) in [5, 5.41) is 5.17. The van der Waals surface area contributed by atoms with E-state index in [0.717, 1.165) is 16.8 Å². The van der Waals surface area contributed by atoms with Crippen molar-refractivity contribution in [2.75, 3.05) is 11.9 Å². The smallest absolute Gasteiger partial charge is 0.254 e. The Hall–Kier alpha value is -2.21. The minimum absolute atomic E-state index is 0.104. The normalized spacial score (nSPS) is 10.3. The van der Waals surface area contributed by atoms with Crippen LogP contribution in [0.1, 0.15) is 21.5 Å². The minimum Gasteiger partial charge on any atom is -0.343 e. The number of hydrogen-bond acceptors (Lipinski definition) is 2. The number of amides is 2. The van der Waals surface area contributed by atoms with Crippen molar-refractivity contribution in [3.8, 4) is 0 Å². The van der Waals surface area contributed by atoms with Gasteiger partial charge in [-0.25, -0.2) is 4.39 Å². The fourth-order valence-corrected chi connectivity index (χ4v) is 2.46. The molecular formula is C17H16BrFN2O2. The van der Waals surface area contributed by atoms with Crippen LogP contribution in [-0.4, -0.2) is 18.4 Å². The molecule has 2 amide bonds. The largest absolute Gasteiger partial charge is 0.343 e. The highest BCUT2D eigenvalue weighted by Gasteiger charge is 2.14. The number of rotatable bonds is 4. The van der Waals surface area contributed by atoms with E-state index in [1.807, 2.05) is 32.0 Å². The zero-order valence-electron chi connectivity index (χ0n) is 12.7. The standard InChI is InChI=1S/C17H16BrFN2O2/c1-10-4-3-5-11(2)16(10)21-15(22)9-20-17(23)13-7-6-12(18)8-14(13)19/h3-8H,9H2,1-2H3,(H,20,23)(H,21,22). The number of benzene rings is 2. The molecule has 23 heavy (non-hydrogen) atoms. The fraction of sp³-hybridized carbons (Fsp3) is 0.176. The van der Waals surface area contributed by atoms with Crippen molar-refractivity contribution in [3.05, 3.63) is 63.4 Å². The molecule has 0 radical (unpaired) electrons. The molecule has 0 atom stereocenters. The molecular weight excluding hydrogens is 363 g/mol. The maximum Gasteiger partial charge on any atom is 0.254 e. The second-order valence-corrected chi connectivity index (χ2v) is 6.04. The third-order valence-electron chi connectivity index (χ3n) is 3.33. The Morgan fingerprint density at radius 3 is 2.39 bits per heavy atom. The molecule has 0 saturated carbocycles. The van der Waals surface area contributed by atoms with Gasteiger partial charge in [0.1, 0.15) is 5.82 Å². The molecule has 0 fully saturated rings. The average Bonchev–Trinajstić information content (AvgIpc) is 2.49. The summed E-state index contributed by atoms with van der Waals surface area (Å²) in [6, 6.07) is 9.80. The van der Waals surface area contributed by atoms with Crippen LogP contribution in [0.4, 0.5) is 10.1 Å². The van der Waals surface area contributed by atoms with Crippen molar-refractivity contribution in [2.24, 2.45) is 0 Å². The molecule has 2 N–H and O–H groups in total. The SMILES string of the molecule is Cc1cccc(C)c1NC(=O)CNC(=O)c1ccc(Br)cc1F. The Kier molecular flexibility index (Phi) is 5.50. The summed E-state index contributed by atoms with van der Waals surface area (Å²) in [5.41, 5.74) is 2.49. The molecule has 6 heteroatoms. The van der Waals surface area contributed by atoms with E-state index < -0.39 is 11.7 Å². The zero-order valence-corrected chi connectivity index (χ0v) is 14.3. The van der Waals surface area contributed by atoms with Gasteiger partial charge >= 0.3 is 0 Å². The molecule has 2 aromatic carbocycles. The van der Waals surface area contributed by atoms with Crippen molar-refractivity contribution in [2.45, 2.75) is 13.8 Å². The number of para-hydroxylation sites is 1. The van der Waals surface area contributed by atoms with Gasteiger partial charge in [0, 0.05) is 10.2 Å². The highest BCUT2D eigenvalue weighted by atomic mass is 79.9. The first-order valence-corrected chi connectivity index (χ1v) is 7.77. The van der Waals surface area contributed by atoms with Crippen molar-refractivity contribution in [1.82, 2.24) is 5.32 Å². The number of hydrogen-bond donors (Lipinski definition) is 2. The molecule has 0 aliphatic rings. The molecule has 0 saturated heterocycles. The molecule has 0 aromatic heterocycles. The first kappa shape index (κ1) is 17.1. The van der Waals surface area contributed by atoms with E-state index in [9.17, 15) is 14.0 Å². The quantitative estimate of drug-likeness (QED) is 0.854. The molecule has 2 aromatic rings. The van der Waals surface area contributed by atoms with Gasteiger partial charge < -0.3 is 10.6 Å². The van der Waals surface area contributed by atoms with Crippen molar-refractivity contribution < 1.29 is 14.0 Å². The van der Waals surface area contributed by atoms with E-state index in [1.165, 1.54) is 12.1 Å². The van der Waals surface area contributed by atoms with Crippen LogP contribution in [0.2, 0.25) is 0 Å². The van der Waals surface area contributed by atoms with Crippen LogP contribution in [0, 0.1) is 19.7 Å². The molecule has 120 valence electrons. The number of aryl methyl sites for hydroxylation is 2. The highest BCUT2D eigenvalue weighted by molar-refractivity contribution is 9.10. The van der Waals surface area contributed by atoms with Crippen LogP contribution in [0.25, 0.3) is 0 Å². The van der Waals surface area contributed by atoms with Gasteiger partial charge in [0.05, 0.1) is 12.1 Å². The molecule has 4 nitrogen and oxygen atoms in total. The van der Waals surface area contributed by atoms with Crippen LogP contribution < -0.4 is 10.6 Å². The van der Waals surface area contributed by atoms with Crippen molar-refractivity contribution in [3.63, 3.8) is 0 Å². The number of carbonyl (C=O) groups excluding carboxylic acids is 2. The molecule has 0 heterocycles. The van der Waals surface area contributed by atoms with Crippen molar-refractivity contribution >= 4 is 33.4 Å². The van der Waals surface area contributed by atoms with Crippen LogP contribution in [-0.2, 0) is 4.79 Å². The maximum atomic E-state index is 13.7. The van der Waals surface area contributed by atoms with Gasteiger partial charge in [-0.2, -0.15) is 0 Å². The first-order chi connectivity index (χ1) is 10.9. The molecule has 2 rings (SSSR count). The van der Waals surface area contributed by atoms with E-state index in [4.69, 9.17) is 0 Å². The van der Waals surface area contributed by atoms with Crippen LogP contribution in [0.3, 0.4) is 0 Å². The summed E-state index contributed by atoms with van der Waals surface area (Å²) in [4.78, 5) is 23.9. The van der Waals surface area contributed by atoms with Gasteiger partial charge in [-0.3, -0.25) is 9.59 Å². The second-order valence-electron chi connectivity index (χ2n) is 5.12. The average molecular weight is 379 g/mol. The van der Waals surface area contributed by atoms with Gasteiger partial charge in [0.2, 0.25) is 5.91 Å². The van der Waals surface area contributed by atoms with E-state index >= 15 is 0 Å². The van der Waals surface area contributed by atoms with Gasteiger partial charge in [-0.15, -0.1) is 0 Å². The predicted molar refractivity (Wildman–Crippen MR) is 91.0 cm³/mol. The Morgan fingerprint density at radius 2 is 1.78 bits per heavy atom. The molecule has 0 aliphatic carbocycles. The molecule has 0 unspecified atom stereocenters. The van der Waals surface area contributed by atoms with E-state index in [1.54, 1.807) is 6.07 Å². The summed E-state index contributed by atoms with van der Waals surface area (Å²) >= 11 is 3.12. The summed E-state index contributed by atoms with van der Waals surface area (Å²) in [6.45, 7) is 3.54. The van der Waals surface area contributed by atoms with Gasteiger partial charge in [-0.1, -0.05) is 34.1 Å². The number of anilines is 1. The Labute approximate surface area is 142 Å². The Bertz CT molecular complexity index is 742. The lowest BCUT2D eigenvalue weighted by Crippen LogP contribution is -2.33. The second kappa shape index (κ2) is 7.37. The minimum atomic E-state index is -0.646. The van der Waals surface area contributed by atoms with Gasteiger partial charge in [0.15, 0.2) is 0 Å². The Balaban J connectivity index is 1.98. The third-order valence-corrected chi connectivity index (χ3v) is 3.82. The van der Waals surface area contributed by atoms with Crippen LogP contribution in [0.15, 0.2) is 40.9 Å². The van der Waals surface area contributed by atoms with Crippen LogP contribution >= 0.6 is 15.9 Å². The molecule has 0 spiro atoms. The maximum absolute atomic E-state index is 13.7. The lowest BCUT2D eigenvalue weighted by atomic mass is 10.1. The van der Waals surface area contributed by atoms with Crippen LogP contribution in [0.5, 0.6) is 0 Å². The number of nitrogens with one attached hydrogen (secondary N) is 2. The summed E-state index contributed by atoms with van der Waals surface area (Å²) in [7, 11) is 0. The fourth-order valence-electron chi connectivity index (χ4n) is 2.12. The third kappa shape index (κ3) is 4.39. The zero-order chi connectivity index (χ0) is 17.0. The first-order valence-electron chi connectivity index (χ1n) is 6.98. The summed E-state index contributed by atoms with van der Waals surface area (Å²) < 4.78 is 14.2. The van der Waals surface area contributed by atoms with E-state index in [-0.39, 0.29) is 18.0 Å². The lowest BCUT2D eigenvalue weighted by molar-refractivity contribution is -0.115. The Morgan fingerprint density at radius 1 is 1.13 bits per heavy atom. The van der Waals surface area contributed by atoms with Gasteiger partial charge in [0.25, 0.3) is 5.91 Å². The molecule has 0 aliphatic heterocycles.